The van der Waals surface area contributed by atoms with Gasteiger partial charge in [-0.3, -0.25) is 9.89 Å². The highest BCUT2D eigenvalue weighted by atomic mass is 32.1. The molecule has 0 spiro atoms. The van der Waals surface area contributed by atoms with Gasteiger partial charge in [0.05, 0.1) is 11.4 Å². The van der Waals surface area contributed by atoms with E-state index in [2.05, 4.69) is 51.0 Å². The Bertz CT molecular complexity index is 1050. The third kappa shape index (κ3) is 4.00. The zero-order valence-corrected chi connectivity index (χ0v) is 17.6. The summed E-state index contributed by atoms with van der Waals surface area (Å²) in [6.07, 6.45) is 8.43. The number of fused-ring (bicyclic) bond motifs is 1. The Labute approximate surface area is 175 Å². The van der Waals surface area contributed by atoms with E-state index in [0.29, 0.717) is 0 Å². The lowest BCUT2D eigenvalue weighted by Gasteiger charge is -2.27. The van der Waals surface area contributed by atoms with Crippen molar-refractivity contribution in [2.45, 2.75) is 45.7 Å². The van der Waals surface area contributed by atoms with Crippen LogP contribution >= 0.6 is 11.3 Å². The van der Waals surface area contributed by atoms with Crippen LogP contribution in [0.4, 0.5) is 0 Å². The minimum atomic E-state index is 0.849. The number of aryl methyl sites for hydroxylation is 1. The zero-order valence-electron chi connectivity index (χ0n) is 16.8. The maximum atomic E-state index is 4.85. The highest BCUT2D eigenvalue weighted by Gasteiger charge is 2.21. The van der Waals surface area contributed by atoms with Crippen molar-refractivity contribution >= 4 is 17.0 Å². The number of thiazole rings is 1. The predicted molar refractivity (Wildman–Crippen MR) is 117 cm³/mol. The van der Waals surface area contributed by atoms with E-state index >= 15 is 0 Å². The topological polar surface area (TPSA) is 54.3 Å². The second-order valence-corrected chi connectivity index (χ2v) is 8.97. The molecule has 0 amide bonds. The summed E-state index contributed by atoms with van der Waals surface area (Å²) in [6.45, 7) is 5.92. The fourth-order valence-corrected chi connectivity index (χ4v) is 5.11. The van der Waals surface area contributed by atoms with Gasteiger partial charge in [0.15, 0.2) is 5.82 Å². The standard InChI is InChI=1S/C23H25N5S/c1-16-6-2-3-7-19(16)23-26-13-18(29-23)15-28-11-9-20-17(14-28)12-25-22(27-20)21-8-4-5-10-24-21/h2-3,6-7,12-13H,4-5,8-11,14-15H2,1H3. The summed E-state index contributed by atoms with van der Waals surface area (Å²) in [5, 5.41) is 1.11. The minimum Gasteiger partial charge on any atom is -0.293 e. The van der Waals surface area contributed by atoms with Crippen molar-refractivity contribution in [3.05, 3.63) is 64.2 Å². The smallest absolute Gasteiger partial charge is 0.173 e. The molecule has 0 saturated heterocycles. The SMILES string of the molecule is Cc1ccccc1-c1ncc(CN2CCc3nc(C4=NCCCC4)ncc3C2)s1. The number of hydrogen-bond acceptors (Lipinski definition) is 6. The van der Waals surface area contributed by atoms with Gasteiger partial charge < -0.3 is 0 Å². The molecular weight excluding hydrogens is 378 g/mol. The predicted octanol–water partition coefficient (Wildman–Crippen LogP) is 4.44. The Kier molecular flexibility index (Phi) is 5.21. The molecule has 2 aliphatic rings. The molecule has 29 heavy (non-hydrogen) atoms. The maximum absolute atomic E-state index is 4.85. The third-order valence-corrected chi connectivity index (χ3v) is 6.72. The molecule has 5 rings (SSSR count). The number of nitrogens with zero attached hydrogens (tertiary/aromatic N) is 5. The van der Waals surface area contributed by atoms with Crippen LogP contribution in [-0.4, -0.2) is 38.7 Å². The van der Waals surface area contributed by atoms with E-state index in [4.69, 9.17) is 4.98 Å². The van der Waals surface area contributed by atoms with Gasteiger partial charge in [-0.25, -0.2) is 15.0 Å². The van der Waals surface area contributed by atoms with Crippen LogP contribution in [-0.2, 0) is 19.5 Å². The van der Waals surface area contributed by atoms with Crippen LogP contribution in [0.1, 0.15) is 46.8 Å². The molecule has 0 aliphatic carbocycles. The lowest BCUT2D eigenvalue weighted by molar-refractivity contribution is 0.245. The first-order valence-corrected chi connectivity index (χ1v) is 11.2. The molecule has 0 atom stereocenters. The van der Waals surface area contributed by atoms with Gasteiger partial charge in [-0.15, -0.1) is 11.3 Å². The van der Waals surface area contributed by atoms with Gasteiger partial charge in [-0.05, 0) is 31.7 Å². The van der Waals surface area contributed by atoms with Gasteiger partial charge in [-0.2, -0.15) is 0 Å². The molecule has 0 unspecified atom stereocenters. The van der Waals surface area contributed by atoms with Crippen molar-refractivity contribution in [2.75, 3.05) is 13.1 Å². The van der Waals surface area contributed by atoms with Crippen molar-refractivity contribution in [1.82, 2.24) is 19.9 Å². The average molecular weight is 404 g/mol. The molecule has 4 heterocycles. The molecular formula is C23H25N5S. The normalized spacial score (nSPS) is 17.1. The molecule has 148 valence electrons. The first kappa shape index (κ1) is 18.6. The largest absolute Gasteiger partial charge is 0.293 e. The molecule has 2 aromatic heterocycles. The molecule has 0 bridgehead atoms. The molecule has 3 aromatic rings. The quantitative estimate of drug-likeness (QED) is 0.646. The van der Waals surface area contributed by atoms with E-state index in [0.717, 1.165) is 55.6 Å². The van der Waals surface area contributed by atoms with E-state index in [1.165, 1.54) is 40.1 Å². The molecule has 2 aliphatic heterocycles. The Hall–Kier alpha value is -2.44. The number of hydrogen-bond donors (Lipinski definition) is 0. The van der Waals surface area contributed by atoms with E-state index < -0.39 is 0 Å². The first-order valence-electron chi connectivity index (χ1n) is 10.4. The van der Waals surface area contributed by atoms with E-state index in [9.17, 15) is 0 Å². The Morgan fingerprint density at radius 1 is 1.07 bits per heavy atom. The molecule has 0 N–H and O–H groups in total. The van der Waals surface area contributed by atoms with Gasteiger partial charge in [-0.1, -0.05) is 24.3 Å². The van der Waals surface area contributed by atoms with Crippen LogP contribution in [0.25, 0.3) is 10.6 Å². The molecule has 1 aromatic carbocycles. The van der Waals surface area contributed by atoms with E-state index in [1.54, 1.807) is 11.3 Å². The van der Waals surface area contributed by atoms with Gasteiger partial charge in [0.1, 0.15) is 5.01 Å². The monoisotopic (exact) mass is 403 g/mol. The molecule has 6 heteroatoms. The van der Waals surface area contributed by atoms with Gasteiger partial charge in [0.2, 0.25) is 0 Å². The van der Waals surface area contributed by atoms with Crippen LogP contribution < -0.4 is 0 Å². The summed E-state index contributed by atoms with van der Waals surface area (Å²) in [7, 11) is 0. The lowest BCUT2D eigenvalue weighted by atomic mass is 10.1. The van der Waals surface area contributed by atoms with E-state index in [1.807, 2.05) is 12.4 Å². The van der Waals surface area contributed by atoms with Crippen molar-refractivity contribution in [3.63, 3.8) is 0 Å². The fraction of sp³-hybridized carbons (Fsp3) is 0.391. The summed E-state index contributed by atoms with van der Waals surface area (Å²) >= 11 is 1.80. The Balaban J connectivity index is 1.28. The van der Waals surface area contributed by atoms with Crippen LogP contribution in [0.15, 0.2) is 41.7 Å². The number of aliphatic imine (C=N–C) groups is 1. The maximum Gasteiger partial charge on any atom is 0.173 e. The van der Waals surface area contributed by atoms with Gasteiger partial charge in [0.25, 0.3) is 0 Å². The molecule has 5 nitrogen and oxygen atoms in total. The second kappa shape index (κ2) is 8.13. The highest BCUT2D eigenvalue weighted by molar-refractivity contribution is 7.15. The first-order chi connectivity index (χ1) is 14.3. The van der Waals surface area contributed by atoms with Crippen LogP contribution in [0.2, 0.25) is 0 Å². The second-order valence-electron chi connectivity index (χ2n) is 7.86. The number of benzene rings is 1. The zero-order chi connectivity index (χ0) is 19.6. The van der Waals surface area contributed by atoms with Crippen molar-refractivity contribution in [2.24, 2.45) is 4.99 Å². The average Bonchev–Trinajstić information content (AvgIpc) is 3.22. The van der Waals surface area contributed by atoms with E-state index in [-0.39, 0.29) is 0 Å². The van der Waals surface area contributed by atoms with Gasteiger partial charge >= 0.3 is 0 Å². The molecule has 0 fully saturated rings. The molecule has 0 radical (unpaired) electrons. The Morgan fingerprint density at radius 2 is 2.00 bits per heavy atom. The number of rotatable bonds is 4. The lowest BCUT2D eigenvalue weighted by Crippen LogP contribution is -2.31. The Morgan fingerprint density at radius 3 is 2.86 bits per heavy atom. The number of aromatic nitrogens is 3. The van der Waals surface area contributed by atoms with Gasteiger partial charge in [0, 0.05) is 61.0 Å². The summed E-state index contributed by atoms with van der Waals surface area (Å²) in [5.74, 6) is 0.849. The summed E-state index contributed by atoms with van der Waals surface area (Å²) in [4.78, 5) is 22.6. The highest BCUT2D eigenvalue weighted by Crippen LogP contribution is 2.29. The van der Waals surface area contributed by atoms with Crippen LogP contribution in [0.5, 0.6) is 0 Å². The summed E-state index contributed by atoms with van der Waals surface area (Å²) < 4.78 is 0. The summed E-state index contributed by atoms with van der Waals surface area (Å²) in [6, 6.07) is 8.46. The molecule has 0 saturated carbocycles. The van der Waals surface area contributed by atoms with Crippen molar-refractivity contribution < 1.29 is 0 Å². The van der Waals surface area contributed by atoms with Crippen LogP contribution in [0.3, 0.4) is 0 Å². The van der Waals surface area contributed by atoms with Crippen LogP contribution in [0, 0.1) is 6.92 Å². The van der Waals surface area contributed by atoms with Crippen molar-refractivity contribution in [3.8, 4) is 10.6 Å². The fourth-order valence-electron chi connectivity index (χ4n) is 4.07. The minimum absolute atomic E-state index is 0.849. The third-order valence-electron chi connectivity index (χ3n) is 5.70. The van der Waals surface area contributed by atoms with Crippen molar-refractivity contribution in [1.29, 1.82) is 0 Å². The summed E-state index contributed by atoms with van der Waals surface area (Å²) in [5.41, 5.74) is 6.05.